The van der Waals surface area contributed by atoms with E-state index in [-0.39, 0.29) is 11.2 Å². The van der Waals surface area contributed by atoms with Gasteiger partial charge in [-0.1, -0.05) is 48.1 Å². The summed E-state index contributed by atoms with van der Waals surface area (Å²) >= 11 is 2.95. The molecule has 5 nitrogen and oxygen atoms in total. The van der Waals surface area contributed by atoms with Crippen molar-refractivity contribution in [2.45, 2.75) is 62.1 Å². The Morgan fingerprint density at radius 1 is 1.28 bits per heavy atom. The number of carbonyl (C=O) groups is 1. The molecule has 0 radical (unpaired) electrons. The van der Waals surface area contributed by atoms with Gasteiger partial charge in [-0.2, -0.15) is 0 Å². The van der Waals surface area contributed by atoms with Crippen LogP contribution < -0.4 is 10.6 Å². The van der Waals surface area contributed by atoms with Gasteiger partial charge < -0.3 is 10.6 Å². The smallest absolute Gasteiger partial charge is 0.233 e. The monoisotopic (exact) mass is 376 g/mol. The topological polar surface area (TPSA) is 66.9 Å². The molecule has 1 saturated carbocycles. The maximum atomic E-state index is 12.3. The lowest BCUT2D eigenvalue weighted by atomic mass is 10.1. The molecule has 2 N–H and O–H groups in total. The molecule has 0 saturated heterocycles. The van der Waals surface area contributed by atoms with E-state index in [9.17, 15) is 4.79 Å². The number of anilines is 2. The van der Waals surface area contributed by atoms with Gasteiger partial charge >= 0.3 is 0 Å². The van der Waals surface area contributed by atoms with Crippen LogP contribution in [-0.2, 0) is 4.79 Å². The van der Waals surface area contributed by atoms with Crippen molar-refractivity contribution < 1.29 is 4.79 Å². The van der Waals surface area contributed by atoms with Crippen LogP contribution in [0, 0.1) is 13.8 Å². The molecule has 1 heterocycles. The first-order valence-electron chi connectivity index (χ1n) is 8.66. The fourth-order valence-corrected chi connectivity index (χ4v) is 4.82. The Labute approximate surface area is 157 Å². The predicted molar refractivity (Wildman–Crippen MR) is 105 cm³/mol. The van der Waals surface area contributed by atoms with Crippen molar-refractivity contribution >= 4 is 39.8 Å². The molecule has 25 heavy (non-hydrogen) atoms. The van der Waals surface area contributed by atoms with Crippen LogP contribution >= 0.6 is 23.1 Å². The number of carbonyl (C=O) groups excluding carboxylic acids is 1. The van der Waals surface area contributed by atoms with Crippen LogP contribution in [0.4, 0.5) is 10.8 Å². The number of amides is 1. The lowest BCUT2D eigenvalue weighted by molar-refractivity contribution is -0.120. The van der Waals surface area contributed by atoms with Crippen LogP contribution in [0.2, 0.25) is 0 Å². The molecule has 0 spiro atoms. The minimum absolute atomic E-state index is 0.0936. The highest BCUT2D eigenvalue weighted by Gasteiger charge is 2.22. The van der Waals surface area contributed by atoms with Crippen molar-refractivity contribution in [3.05, 3.63) is 29.3 Å². The fourth-order valence-electron chi connectivity index (χ4n) is 2.90. The van der Waals surface area contributed by atoms with Gasteiger partial charge in [-0.25, -0.2) is 0 Å². The summed E-state index contributed by atoms with van der Waals surface area (Å²) in [5.74, 6) is 0.0936. The fraction of sp³-hybridized carbons (Fsp3) is 0.500. The van der Waals surface area contributed by atoms with Gasteiger partial charge in [0.15, 0.2) is 4.34 Å². The van der Waals surface area contributed by atoms with E-state index in [2.05, 4.69) is 40.7 Å². The standard InChI is InChI=1S/C18H24N4OS2/c1-11-7-6-10-15(12(11)2)20-17-21-22-18(25-17)24-13(3)16(23)19-14-8-4-5-9-14/h6-7,10,13-14H,4-5,8-9H2,1-3H3,(H,19,23)(H,20,21)/t13-/m0/s1. The maximum absolute atomic E-state index is 12.3. The summed E-state index contributed by atoms with van der Waals surface area (Å²) in [4.78, 5) is 12.3. The first kappa shape index (κ1) is 18.2. The van der Waals surface area contributed by atoms with Crippen LogP contribution in [-0.4, -0.2) is 27.4 Å². The molecule has 3 rings (SSSR count). The number of benzene rings is 1. The second kappa shape index (κ2) is 8.19. The van der Waals surface area contributed by atoms with E-state index in [1.54, 1.807) is 0 Å². The molecule has 1 fully saturated rings. The zero-order valence-electron chi connectivity index (χ0n) is 14.8. The normalized spacial score (nSPS) is 16.0. The Balaban J connectivity index is 1.57. The van der Waals surface area contributed by atoms with Gasteiger partial charge in [0.25, 0.3) is 0 Å². The minimum Gasteiger partial charge on any atom is -0.352 e. The van der Waals surface area contributed by atoms with Gasteiger partial charge in [-0.15, -0.1) is 10.2 Å². The van der Waals surface area contributed by atoms with Crippen LogP contribution in [0.5, 0.6) is 0 Å². The Morgan fingerprint density at radius 2 is 2.04 bits per heavy atom. The van der Waals surface area contributed by atoms with Gasteiger partial charge in [-0.05, 0) is 50.8 Å². The van der Waals surface area contributed by atoms with E-state index in [1.807, 2.05) is 19.1 Å². The molecule has 1 atom stereocenters. The highest BCUT2D eigenvalue weighted by Crippen LogP contribution is 2.31. The Kier molecular flexibility index (Phi) is 5.96. The third kappa shape index (κ3) is 4.73. The molecule has 134 valence electrons. The molecule has 1 aromatic heterocycles. The van der Waals surface area contributed by atoms with Gasteiger partial charge in [-0.3, -0.25) is 4.79 Å². The molecule has 0 bridgehead atoms. The third-order valence-electron chi connectivity index (χ3n) is 4.60. The number of aryl methyl sites for hydroxylation is 1. The molecule has 1 amide bonds. The van der Waals surface area contributed by atoms with Crippen LogP contribution in [0.1, 0.15) is 43.7 Å². The summed E-state index contributed by atoms with van der Waals surface area (Å²) in [6, 6.07) is 6.50. The molecule has 0 unspecified atom stereocenters. The van der Waals surface area contributed by atoms with Gasteiger partial charge in [0.05, 0.1) is 5.25 Å². The summed E-state index contributed by atoms with van der Waals surface area (Å²) in [5.41, 5.74) is 3.48. The van der Waals surface area contributed by atoms with Crippen molar-refractivity contribution in [1.29, 1.82) is 0 Å². The van der Waals surface area contributed by atoms with Crippen molar-refractivity contribution in [2.24, 2.45) is 0 Å². The number of hydrogen-bond acceptors (Lipinski definition) is 6. The van der Waals surface area contributed by atoms with Crippen molar-refractivity contribution in [3.63, 3.8) is 0 Å². The average molecular weight is 377 g/mol. The predicted octanol–water partition coefficient (Wildman–Crippen LogP) is 4.44. The highest BCUT2D eigenvalue weighted by molar-refractivity contribution is 8.02. The van der Waals surface area contributed by atoms with E-state index in [0.717, 1.165) is 28.0 Å². The summed E-state index contributed by atoms with van der Waals surface area (Å²) in [6.45, 7) is 6.10. The number of nitrogens with zero attached hydrogens (tertiary/aromatic N) is 2. The van der Waals surface area contributed by atoms with Crippen molar-refractivity contribution in [1.82, 2.24) is 15.5 Å². The molecular formula is C18H24N4OS2. The quantitative estimate of drug-likeness (QED) is 0.730. The Bertz CT molecular complexity index is 740. The maximum Gasteiger partial charge on any atom is 0.233 e. The highest BCUT2D eigenvalue weighted by atomic mass is 32.2. The number of rotatable bonds is 6. The number of hydrogen-bond donors (Lipinski definition) is 2. The number of thioether (sulfide) groups is 1. The first-order valence-corrected chi connectivity index (χ1v) is 10.4. The minimum atomic E-state index is -0.165. The van der Waals surface area contributed by atoms with E-state index in [4.69, 9.17) is 0 Å². The Hall–Kier alpha value is -1.60. The Morgan fingerprint density at radius 3 is 2.80 bits per heavy atom. The van der Waals surface area contributed by atoms with E-state index >= 15 is 0 Å². The van der Waals surface area contributed by atoms with Crippen LogP contribution in [0.25, 0.3) is 0 Å². The van der Waals surface area contributed by atoms with E-state index < -0.39 is 0 Å². The zero-order valence-corrected chi connectivity index (χ0v) is 16.5. The summed E-state index contributed by atoms with van der Waals surface area (Å²) in [5, 5.41) is 15.5. The molecule has 1 aliphatic carbocycles. The molecule has 1 aromatic carbocycles. The molecule has 7 heteroatoms. The second-order valence-corrected chi connectivity index (χ2v) is 9.06. The molecule has 1 aliphatic rings. The van der Waals surface area contributed by atoms with Crippen molar-refractivity contribution in [2.75, 3.05) is 5.32 Å². The number of nitrogens with one attached hydrogen (secondary N) is 2. The summed E-state index contributed by atoms with van der Waals surface area (Å²) in [6.07, 6.45) is 4.64. The number of aromatic nitrogens is 2. The van der Waals surface area contributed by atoms with Crippen LogP contribution in [0.3, 0.4) is 0 Å². The summed E-state index contributed by atoms with van der Waals surface area (Å²) < 4.78 is 0.807. The lowest BCUT2D eigenvalue weighted by Crippen LogP contribution is -2.37. The second-order valence-electron chi connectivity index (χ2n) is 6.50. The largest absolute Gasteiger partial charge is 0.352 e. The molecule has 0 aliphatic heterocycles. The zero-order chi connectivity index (χ0) is 17.8. The first-order chi connectivity index (χ1) is 12.0. The third-order valence-corrected chi connectivity index (χ3v) is 6.62. The van der Waals surface area contributed by atoms with E-state index in [0.29, 0.717) is 6.04 Å². The molecule has 2 aromatic rings. The van der Waals surface area contributed by atoms with Gasteiger partial charge in [0.2, 0.25) is 11.0 Å². The molecular weight excluding hydrogens is 352 g/mol. The SMILES string of the molecule is Cc1cccc(Nc2nnc(S[C@@H](C)C(=O)NC3CCCC3)s2)c1C. The van der Waals surface area contributed by atoms with Crippen molar-refractivity contribution in [3.8, 4) is 0 Å². The van der Waals surface area contributed by atoms with Crippen LogP contribution in [0.15, 0.2) is 22.5 Å². The summed E-state index contributed by atoms with van der Waals surface area (Å²) in [7, 11) is 0. The van der Waals surface area contributed by atoms with E-state index in [1.165, 1.54) is 47.1 Å². The average Bonchev–Trinajstić information content (AvgIpc) is 3.24. The van der Waals surface area contributed by atoms with Gasteiger partial charge in [0, 0.05) is 11.7 Å². The lowest BCUT2D eigenvalue weighted by Gasteiger charge is -2.15. The van der Waals surface area contributed by atoms with Gasteiger partial charge in [0.1, 0.15) is 0 Å².